The van der Waals surface area contributed by atoms with Crippen LogP contribution in [0, 0.1) is 0 Å². The monoisotopic (exact) mass is 941 g/mol. The van der Waals surface area contributed by atoms with E-state index in [2.05, 4.69) is 254 Å². The molecule has 1 saturated carbocycles. The van der Waals surface area contributed by atoms with E-state index in [1.807, 2.05) is 0 Å². The van der Waals surface area contributed by atoms with Crippen molar-refractivity contribution in [1.29, 1.82) is 0 Å². The van der Waals surface area contributed by atoms with Crippen molar-refractivity contribution in [2.45, 2.75) is 42.9 Å². The molecule has 1 heteroatoms. The summed E-state index contributed by atoms with van der Waals surface area (Å²) >= 11 is 0. The summed E-state index contributed by atoms with van der Waals surface area (Å²) in [6.07, 6.45) is 6.13. The standard InChI is InChI=1S/C73H51N/c1-3-20-47(21-4-1)48-36-38-49(39-37-48)60-45-62-58-28-11-16-33-66(58)73(64-31-14-9-26-56(64)57-27-10-15-32-65(57)73)68(62)46-70(60)74(50-40-41-55-53-24-6-5-22-51(53)52-23-7-8-25-54(52)61(55)44-50)69-35-19-34-67-71(69)59-29-12-13-30-63(59)72(67)42-17-2-18-43-72/h1,3-16,19-41,44-46H,2,17-18,42-43H2. The average Bonchev–Trinajstić information content (AvgIpc) is 4.21. The minimum atomic E-state index is -0.523. The van der Waals surface area contributed by atoms with Crippen molar-refractivity contribution in [2.75, 3.05) is 4.90 Å². The second-order valence-corrected chi connectivity index (χ2v) is 21.3. The molecule has 0 bridgehead atoms. The largest absolute Gasteiger partial charge is 0.309 e. The summed E-state index contributed by atoms with van der Waals surface area (Å²) in [7, 11) is 0. The van der Waals surface area contributed by atoms with Crippen LogP contribution < -0.4 is 4.90 Å². The van der Waals surface area contributed by atoms with E-state index in [0.717, 1.165) is 5.69 Å². The Hall–Kier alpha value is -8.78. The van der Waals surface area contributed by atoms with Crippen molar-refractivity contribution >= 4 is 49.4 Å². The van der Waals surface area contributed by atoms with Crippen molar-refractivity contribution in [3.8, 4) is 55.6 Å². The Labute approximate surface area is 432 Å². The predicted molar refractivity (Wildman–Crippen MR) is 310 cm³/mol. The lowest BCUT2D eigenvalue weighted by atomic mass is 9.68. The number of rotatable bonds is 5. The van der Waals surface area contributed by atoms with Crippen LogP contribution in [0.1, 0.15) is 65.5 Å². The number of nitrogens with zero attached hydrogens (tertiary/aromatic N) is 1. The first kappa shape index (κ1) is 41.8. The van der Waals surface area contributed by atoms with Gasteiger partial charge in [-0.25, -0.2) is 0 Å². The molecule has 4 aliphatic carbocycles. The molecule has 0 aliphatic heterocycles. The zero-order valence-corrected chi connectivity index (χ0v) is 41.2. The fourth-order valence-corrected chi connectivity index (χ4v) is 14.8. The molecule has 348 valence electrons. The zero-order valence-electron chi connectivity index (χ0n) is 41.2. The molecular formula is C73H51N. The lowest BCUT2D eigenvalue weighted by molar-refractivity contribution is 0.353. The molecule has 1 nitrogen and oxygen atoms in total. The lowest BCUT2D eigenvalue weighted by Crippen LogP contribution is -2.28. The van der Waals surface area contributed by atoms with Gasteiger partial charge in [0.25, 0.3) is 0 Å². The van der Waals surface area contributed by atoms with Crippen LogP contribution in [0.25, 0.3) is 88.0 Å². The maximum atomic E-state index is 2.69. The Balaban J connectivity index is 1.05. The van der Waals surface area contributed by atoms with Gasteiger partial charge in [-0.05, 0) is 153 Å². The average molecular weight is 942 g/mol. The summed E-state index contributed by atoms with van der Waals surface area (Å²) in [5, 5.41) is 7.65. The highest BCUT2D eigenvalue weighted by molar-refractivity contribution is 6.26. The molecule has 12 aromatic rings. The van der Waals surface area contributed by atoms with Crippen molar-refractivity contribution in [3.05, 3.63) is 282 Å². The summed E-state index contributed by atoms with van der Waals surface area (Å²) in [5.41, 5.74) is 24.1. The first-order valence-electron chi connectivity index (χ1n) is 26.7. The fourth-order valence-electron chi connectivity index (χ4n) is 14.8. The van der Waals surface area contributed by atoms with E-state index in [0.29, 0.717) is 0 Å². The second kappa shape index (κ2) is 15.9. The highest BCUT2D eigenvalue weighted by Crippen LogP contribution is 2.65. The molecule has 0 saturated heterocycles. The van der Waals surface area contributed by atoms with Crippen LogP contribution in [-0.2, 0) is 10.8 Å². The fraction of sp³-hybridized carbons (Fsp3) is 0.0959. The number of anilines is 3. The third-order valence-electron chi connectivity index (χ3n) is 17.9. The molecule has 12 aromatic carbocycles. The summed E-state index contributed by atoms with van der Waals surface area (Å²) in [4.78, 5) is 2.69. The van der Waals surface area contributed by atoms with Gasteiger partial charge in [0.2, 0.25) is 0 Å². The van der Waals surface area contributed by atoms with E-state index in [9.17, 15) is 0 Å². The molecule has 74 heavy (non-hydrogen) atoms. The van der Waals surface area contributed by atoms with Gasteiger partial charge in [-0.2, -0.15) is 0 Å². The van der Waals surface area contributed by atoms with Crippen molar-refractivity contribution in [1.82, 2.24) is 0 Å². The zero-order chi connectivity index (χ0) is 48.5. The van der Waals surface area contributed by atoms with Gasteiger partial charge in [-0.3, -0.25) is 0 Å². The topological polar surface area (TPSA) is 3.24 Å². The molecule has 0 aromatic heterocycles. The van der Waals surface area contributed by atoms with Crippen molar-refractivity contribution in [2.24, 2.45) is 0 Å². The minimum absolute atomic E-state index is 0.0125. The molecule has 2 spiro atoms. The summed E-state index contributed by atoms with van der Waals surface area (Å²) in [6.45, 7) is 0. The van der Waals surface area contributed by atoms with Crippen LogP contribution in [0.4, 0.5) is 17.1 Å². The minimum Gasteiger partial charge on any atom is -0.309 e. The van der Waals surface area contributed by atoms with E-state index in [1.165, 1.54) is 165 Å². The van der Waals surface area contributed by atoms with E-state index in [-0.39, 0.29) is 5.41 Å². The van der Waals surface area contributed by atoms with Crippen LogP contribution in [0.15, 0.2) is 249 Å². The lowest BCUT2D eigenvalue weighted by Gasteiger charge is -2.36. The van der Waals surface area contributed by atoms with Gasteiger partial charge in [-0.1, -0.05) is 238 Å². The maximum Gasteiger partial charge on any atom is 0.0726 e. The normalized spacial score (nSPS) is 15.0. The summed E-state index contributed by atoms with van der Waals surface area (Å²) in [6, 6.07) is 95.1. The maximum absolute atomic E-state index is 2.69. The molecule has 1 fully saturated rings. The van der Waals surface area contributed by atoms with Crippen LogP contribution in [0.3, 0.4) is 0 Å². The molecule has 0 atom stereocenters. The number of hydrogen-bond donors (Lipinski definition) is 0. The van der Waals surface area contributed by atoms with E-state index < -0.39 is 5.41 Å². The first-order chi connectivity index (χ1) is 36.7. The van der Waals surface area contributed by atoms with E-state index in [4.69, 9.17) is 0 Å². The van der Waals surface area contributed by atoms with Gasteiger partial charge in [-0.15, -0.1) is 0 Å². The van der Waals surface area contributed by atoms with Crippen LogP contribution in [0.5, 0.6) is 0 Å². The number of benzene rings is 12. The SMILES string of the molecule is c1ccc(-c2ccc(-c3cc4c(cc3N(c3ccc5c6ccccc6c6ccccc6c5c3)c3cccc5c3-c3ccccc3C53CCCCC3)C3(c5ccccc5-c5ccccc53)c3ccccc3-4)cc2)cc1. The third kappa shape index (κ3) is 5.65. The first-order valence-corrected chi connectivity index (χ1v) is 26.7. The smallest absolute Gasteiger partial charge is 0.0726 e. The van der Waals surface area contributed by atoms with Gasteiger partial charge in [0.15, 0.2) is 0 Å². The number of fused-ring (bicyclic) bond motifs is 21. The van der Waals surface area contributed by atoms with Crippen LogP contribution in [-0.4, -0.2) is 0 Å². The molecular weight excluding hydrogens is 891 g/mol. The van der Waals surface area contributed by atoms with Crippen LogP contribution in [0.2, 0.25) is 0 Å². The Bertz CT molecular complexity index is 4200. The molecule has 0 heterocycles. The molecule has 4 aliphatic rings. The van der Waals surface area contributed by atoms with Crippen molar-refractivity contribution in [3.63, 3.8) is 0 Å². The van der Waals surface area contributed by atoms with Crippen molar-refractivity contribution < 1.29 is 0 Å². The van der Waals surface area contributed by atoms with Gasteiger partial charge in [0, 0.05) is 22.2 Å². The summed E-state index contributed by atoms with van der Waals surface area (Å²) < 4.78 is 0. The molecule has 16 rings (SSSR count). The molecule has 0 amide bonds. The van der Waals surface area contributed by atoms with Gasteiger partial charge in [0.05, 0.1) is 16.8 Å². The van der Waals surface area contributed by atoms with E-state index in [1.54, 1.807) is 0 Å². The van der Waals surface area contributed by atoms with Crippen LogP contribution >= 0.6 is 0 Å². The summed E-state index contributed by atoms with van der Waals surface area (Å²) in [5.74, 6) is 0. The highest BCUT2D eigenvalue weighted by Gasteiger charge is 2.52. The third-order valence-corrected chi connectivity index (χ3v) is 17.9. The molecule has 0 unspecified atom stereocenters. The second-order valence-electron chi connectivity index (χ2n) is 21.3. The Morgan fingerprint density at radius 3 is 1.39 bits per heavy atom. The van der Waals surface area contributed by atoms with Gasteiger partial charge >= 0.3 is 0 Å². The quantitative estimate of drug-likeness (QED) is 0.155. The predicted octanol–water partition coefficient (Wildman–Crippen LogP) is 19.5. The molecule has 0 radical (unpaired) electrons. The molecule has 0 N–H and O–H groups in total. The highest BCUT2D eigenvalue weighted by atomic mass is 15.1. The Kier molecular flexibility index (Phi) is 8.96. The number of hydrogen-bond acceptors (Lipinski definition) is 1. The Morgan fingerprint density at radius 1 is 0.270 bits per heavy atom. The van der Waals surface area contributed by atoms with Gasteiger partial charge < -0.3 is 4.90 Å². The Morgan fingerprint density at radius 2 is 0.757 bits per heavy atom. The van der Waals surface area contributed by atoms with E-state index >= 15 is 0 Å². The van der Waals surface area contributed by atoms with Gasteiger partial charge in [0.1, 0.15) is 0 Å².